The van der Waals surface area contributed by atoms with Gasteiger partial charge < -0.3 is 20.1 Å². The average Bonchev–Trinajstić information content (AvgIpc) is 2.94. The first-order chi connectivity index (χ1) is 12.0. The lowest BCUT2D eigenvalue weighted by Gasteiger charge is -2.17. The largest absolute Gasteiger partial charge is 0.481 e. The smallest absolute Gasteiger partial charge is 0.303 e. The fraction of sp³-hybridized carbons (Fsp3) is 0.750. The maximum absolute atomic E-state index is 10.4. The van der Waals surface area contributed by atoms with E-state index in [0.29, 0.717) is 32.1 Å². The van der Waals surface area contributed by atoms with Crippen molar-refractivity contribution in [2.75, 3.05) is 0 Å². The summed E-state index contributed by atoms with van der Waals surface area (Å²) in [6.07, 6.45) is 14.0. The number of aliphatic carboxylic acids is 1. The molecule has 4 atom stereocenters. The molecule has 0 saturated carbocycles. The molecule has 0 amide bonds. The zero-order valence-corrected chi connectivity index (χ0v) is 15.3. The Hall–Kier alpha value is -1.17. The first-order valence-corrected chi connectivity index (χ1v) is 9.58. The second kappa shape index (κ2) is 13.1. The summed E-state index contributed by atoms with van der Waals surface area (Å²) < 4.78 is 5.81. The molecular weight excluding hydrogens is 320 g/mol. The van der Waals surface area contributed by atoms with E-state index in [4.69, 9.17) is 9.84 Å². The van der Waals surface area contributed by atoms with Gasteiger partial charge in [0.2, 0.25) is 0 Å². The lowest BCUT2D eigenvalue weighted by atomic mass is 10.0. The highest BCUT2D eigenvalue weighted by Gasteiger charge is 2.36. The Bertz CT molecular complexity index is 418. The fourth-order valence-electron chi connectivity index (χ4n) is 2.96. The van der Waals surface area contributed by atoms with Gasteiger partial charge in [0.15, 0.2) is 0 Å². The highest BCUT2D eigenvalue weighted by atomic mass is 16.5. The van der Waals surface area contributed by atoms with Crippen LogP contribution in [0.3, 0.4) is 0 Å². The molecule has 1 fully saturated rings. The number of carboxylic acids is 1. The number of aliphatic hydroxyl groups is 2. The lowest BCUT2D eigenvalue weighted by molar-refractivity contribution is -0.137. The Labute approximate surface area is 151 Å². The third-order valence-electron chi connectivity index (χ3n) is 4.50. The van der Waals surface area contributed by atoms with Crippen LogP contribution >= 0.6 is 0 Å². The van der Waals surface area contributed by atoms with Gasteiger partial charge in [-0.2, -0.15) is 0 Å². The van der Waals surface area contributed by atoms with Gasteiger partial charge in [0.05, 0.1) is 24.4 Å². The summed E-state index contributed by atoms with van der Waals surface area (Å²) >= 11 is 0. The van der Waals surface area contributed by atoms with Gasteiger partial charge in [-0.25, -0.2) is 0 Å². The van der Waals surface area contributed by atoms with Crippen molar-refractivity contribution in [1.29, 1.82) is 0 Å². The van der Waals surface area contributed by atoms with Crippen LogP contribution in [0.1, 0.15) is 71.1 Å². The SMILES string of the molecule is CCCCC/C=C\C[C@H]1O[C@H]([C@@H](O)C/C=C\CCCC(=O)O)C[C@@H]1O. The molecule has 1 saturated heterocycles. The normalized spacial score (nSPS) is 25.2. The number of carboxylic acid groups (broad SMARTS) is 1. The van der Waals surface area contributed by atoms with Gasteiger partial charge >= 0.3 is 5.97 Å². The van der Waals surface area contributed by atoms with Gasteiger partial charge in [-0.1, -0.05) is 44.1 Å². The quantitative estimate of drug-likeness (QED) is 0.347. The van der Waals surface area contributed by atoms with Crippen LogP contribution in [0.4, 0.5) is 0 Å². The minimum absolute atomic E-state index is 0.165. The van der Waals surface area contributed by atoms with Crippen LogP contribution in [0.15, 0.2) is 24.3 Å². The van der Waals surface area contributed by atoms with E-state index in [1.807, 2.05) is 12.2 Å². The van der Waals surface area contributed by atoms with Crippen molar-refractivity contribution in [2.24, 2.45) is 0 Å². The van der Waals surface area contributed by atoms with Crippen molar-refractivity contribution in [3.63, 3.8) is 0 Å². The summed E-state index contributed by atoms with van der Waals surface area (Å²) in [4.78, 5) is 10.4. The minimum atomic E-state index is -0.785. The van der Waals surface area contributed by atoms with Gasteiger partial charge in [-0.15, -0.1) is 0 Å². The second-order valence-electron chi connectivity index (χ2n) is 6.78. The molecular formula is C20H34O5. The Kier molecular flexibility index (Phi) is 11.5. The zero-order valence-electron chi connectivity index (χ0n) is 15.3. The van der Waals surface area contributed by atoms with E-state index >= 15 is 0 Å². The molecule has 5 nitrogen and oxygen atoms in total. The number of hydrogen-bond donors (Lipinski definition) is 3. The van der Waals surface area contributed by atoms with Crippen molar-refractivity contribution >= 4 is 5.97 Å². The molecule has 0 aliphatic carbocycles. The highest BCUT2D eigenvalue weighted by molar-refractivity contribution is 5.66. The number of rotatable bonds is 13. The van der Waals surface area contributed by atoms with Gasteiger partial charge in [0.1, 0.15) is 0 Å². The number of carbonyl (C=O) groups is 1. The van der Waals surface area contributed by atoms with Crippen LogP contribution < -0.4 is 0 Å². The summed E-state index contributed by atoms with van der Waals surface area (Å²) in [6, 6.07) is 0. The van der Waals surface area contributed by atoms with Crippen molar-refractivity contribution in [2.45, 2.75) is 95.5 Å². The zero-order chi connectivity index (χ0) is 18.5. The van der Waals surface area contributed by atoms with E-state index in [-0.39, 0.29) is 18.6 Å². The molecule has 0 radical (unpaired) electrons. The molecule has 0 aromatic heterocycles. The van der Waals surface area contributed by atoms with Gasteiger partial charge in [0, 0.05) is 12.8 Å². The Morgan fingerprint density at radius 1 is 1.16 bits per heavy atom. The molecule has 5 heteroatoms. The van der Waals surface area contributed by atoms with Crippen molar-refractivity contribution in [3.8, 4) is 0 Å². The van der Waals surface area contributed by atoms with E-state index in [0.717, 1.165) is 6.42 Å². The molecule has 0 aromatic rings. The maximum Gasteiger partial charge on any atom is 0.303 e. The van der Waals surface area contributed by atoms with Crippen molar-refractivity contribution in [3.05, 3.63) is 24.3 Å². The third-order valence-corrected chi connectivity index (χ3v) is 4.50. The molecule has 0 unspecified atom stereocenters. The number of allylic oxidation sites excluding steroid dienone is 2. The van der Waals surface area contributed by atoms with Crippen LogP contribution in [0.5, 0.6) is 0 Å². The summed E-state index contributed by atoms with van der Waals surface area (Å²) in [7, 11) is 0. The minimum Gasteiger partial charge on any atom is -0.481 e. The monoisotopic (exact) mass is 354 g/mol. The van der Waals surface area contributed by atoms with Crippen molar-refractivity contribution in [1.82, 2.24) is 0 Å². The topological polar surface area (TPSA) is 87.0 Å². The Balaban J connectivity index is 2.22. The molecule has 0 spiro atoms. The standard InChI is InChI=1S/C20H34O5/c1-2-3-4-5-6-10-13-18-17(22)15-19(25-18)16(21)12-9-7-8-11-14-20(23)24/h6-7,9-10,16-19,21-22H,2-5,8,11-15H2,1H3,(H,23,24)/b9-7-,10-6-/t16-,17-,18+,19-/m0/s1. The molecule has 1 heterocycles. The fourth-order valence-corrected chi connectivity index (χ4v) is 2.96. The Morgan fingerprint density at radius 3 is 2.60 bits per heavy atom. The molecule has 144 valence electrons. The summed E-state index contributed by atoms with van der Waals surface area (Å²) in [5.74, 6) is -0.785. The maximum atomic E-state index is 10.4. The van der Waals surface area contributed by atoms with E-state index in [9.17, 15) is 15.0 Å². The van der Waals surface area contributed by atoms with E-state index in [1.165, 1.54) is 19.3 Å². The molecule has 0 bridgehead atoms. The average molecular weight is 354 g/mol. The third kappa shape index (κ3) is 9.78. The van der Waals surface area contributed by atoms with E-state index in [1.54, 1.807) is 0 Å². The number of ether oxygens (including phenoxy) is 1. The number of hydrogen-bond acceptors (Lipinski definition) is 4. The molecule has 0 aromatic carbocycles. The van der Waals surface area contributed by atoms with Gasteiger partial charge in [0.25, 0.3) is 0 Å². The van der Waals surface area contributed by atoms with Gasteiger partial charge in [-0.05, 0) is 38.5 Å². The van der Waals surface area contributed by atoms with Crippen molar-refractivity contribution < 1.29 is 24.9 Å². The second-order valence-corrected chi connectivity index (χ2v) is 6.78. The molecule has 1 aliphatic heterocycles. The first-order valence-electron chi connectivity index (χ1n) is 9.58. The van der Waals surface area contributed by atoms with Crippen LogP contribution in [-0.2, 0) is 9.53 Å². The number of unbranched alkanes of at least 4 members (excludes halogenated alkanes) is 4. The summed E-state index contributed by atoms with van der Waals surface area (Å²) in [6.45, 7) is 2.18. The predicted octanol–water partition coefficient (Wildman–Crippen LogP) is 3.59. The predicted molar refractivity (Wildman–Crippen MR) is 98.4 cm³/mol. The van der Waals surface area contributed by atoms with E-state index in [2.05, 4.69) is 19.1 Å². The highest BCUT2D eigenvalue weighted by Crippen LogP contribution is 2.26. The Morgan fingerprint density at radius 2 is 1.88 bits per heavy atom. The summed E-state index contributed by atoms with van der Waals surface area (Å²) in [5, 5.41) is 28.9. The van der Waals surface area contributed by atoms with Gasteiger partial charge in [-0.3, -0.25) is 4.79 Å². The van der Waals surface area contributed by atoms with Crippen LogP contribution in [0.2, 0.25) is 0 Å². The summed E-state index contributed by atoms with van der Waals surface area (Å²) in [5.41, 5.74) is 0. The molecule has 25 heavy (non-hydrogen) atoms. The first kappa shape index (κ1) is 21.9. The molecule has 1 rings (SSSR count). The molecule has 1 aliphatic rings. The molecule has 3 N–H and O–H groups in total. The van der Waals surface area contributed by atoms with Crippen LogP contribution in [0, 0.1) is 0 Å². The van der Waals surface area contributed by atoms with Crippen LogP contribution in [-0.4, -0.2) is 45.7 Å². The van der Waals surface area contributed by atoms with E-state index < -0.39 is 18.2 Å². The number of aliphatic hydroxyl groups excluding tert-OH is 2. The lowest BCUT2D eigenvalue weighted by Crippen LogP contribution is -2.25. The van der Waals surface area contributed by atoms with Crippen LogP contribution in [0.25, 0.3) is 0 Å².